The Bertz CT molecular complexity index is 116. The summed E-state index contributed by atoms with van der Waals surface area (Å²) >= 11 is 3.66. The van der Waals surface area contributed by atoms with Gasteiger partial charge in [-0.15, -0.1) is 0 Å². The summed E-state index contributed by atoms with van der Waals surface area (Å²) in [7, 11) is 0. The van der Waals surface area contributed by atoms with E-state index in [2.05, 4.69) is 23.9 Å². The molecular formula is C5H9NO2S. The van der Waals surface area contributed by atoms with Gasteiger partial charge >= 0.3 is 5.97 Å². The minimum Gasteiger partial charge on any atom is -0.443 e. The van der Waals surface area contributed by atoms with Crippen molar-refractivity contribution in [1.82, 2.24) is 0 Å². The Hall–Kier alpha value is -0.480. The first-order chi connectivity index (χ1) is 4.20. The molecule has 0 radical (unpaired) electrons. The summed E-state index contributed by atoms with van der Waals surface area (Å²) in [6.45, 7) is 3.32. The molecule has 1 atom stereocenters. The molecule has 3 nitrogen and oxygen atoms in total. The largest absolute Gasteiger partial charge is 0.443 e. The van der Waals surface area contributed by atoms with Gasteiger partial charge in [0.05, 0.1) is 5.75 Å². The van der Waals surface area contributed by atoms with Gasteiger partial charge in [0, 0.05) is 0 Å². The Balaban J connectivity index is 3.46. The molecule has 0 aromatic rings. The Morgan fingerprint density at radius 3 is 2.89 bits per heavy atom. The average Bonchev–Trinajstić information content (AvgIpc) is 1.87. The van der Waals surface area contributed by atoms with Crippen LogP contribution in [-0.2, 0) is 9.53 Å². The molecule has 9 heavy (non-hydrogen) atoms. The molecule has 0 aliphatic rings. The van der Waals surface area contributed by atoms with Gasteiger partial charge in [-0.05, 0) is 6.08 Å². The molecule has 0 aliphatic heterocycles. The average molecular weight is 147 g/mol. The van der Waals surface area contributed by atoms with E-state index in [0.29, 0.717) is 0 Å². The predicted molar refractivity (Wildman–Crippen MR) is 38.1 cm³/mol. The van der Waals surface area contributed by atoms with E-state index in [4.69, 9.17) is 5.73 Å². The number of nitrogens with two attached hydrogens (primary N) is 1. The molecule has 0 saturated carbocycles. The first-order valence-corrected chi connectivity index (χ1v) is 3.02. The fourth-order valence-electron chi connectivity index (χ4n) is 0.237. The maximum atomic E-state index is 10.4. The second kappa shape index (κ2) is 4.40. The fourth-order valence-corrected chi connectivity index (χ4v) is 0.312. The monoisotopic (exact) mass is 147 g/mol. The van der Waals surface area contributed by atoms with Crippen LogP contribution in [0.1, 0.15) is 0 Å². The van der Waals surface area contributed by atoms with E-state index in [9.17, 15) is 4.79 Å². The van der Waals surface area contributed by atoms with Crippen molar-refractivity contribution in [2.24, 2.45) is 5.73 Å². The zero-order chi connectivity index (χ0) is 7.28. The van der Waals surface area contributed by atoms with E-state index in [1.807, 2.05) is 0 Å². The predicted octanol–water partition coefficient (Wildman–Crippen LogP) is -0.0698. The molecule has 0 aliphatic carbocycles. The summed E-state index contributed by atoms with van der Waals surface area (Å²) in [5.41, 5.74) is 5.15. The number of carbonyl (C=O) groups excluding carboxylic acids is 1. The van der Waals surface area contributed by atoms with Crippen molar-refractivity contribution in [2.45, 2.75) is 6.23 Å². The van der Waals surface area contributed by atoms with Crippen LogP contribution in [0, 0.1) is 0 Å². The lowest BCUT2D eigenvalue weighted by Gasteiger charge is -2.05. The van der Waals surface area contributed by atoms with Crippen molar-refractivity contribution >= 4 is 18.6 Å². The summed E-state index contributed by atoms with van der Waals surface area (Å²) < 4.78 is 4.49. The smallest absolute Gasteiger partial charge is 0.317 e. The molecule has 0 spiro atoms. The Kier molecular flexibility index (Phi) is 4.17. The van der Waals surface area contributed by atoms with Gasteiger partial charge in [-0.3, -0.25) is 10.5 Å². The van der Waals surface area contributed by atoms with Crippen LogP contribution in [0.3, 0.4) is 0 Å². The standard InChI is InChI=1S/C5H9NO2S/c1-2-4(6)8-5(7)3-9/h2,4,9H,1,3,6H2. The number of ether oxygens (including phenoxy) is 1. The number of esters is 1. The van der Waals surface area contributed by atoms with Crippen molar-refractivity contribution in [3.05, 3.63) is 12.7 Å². The Labute approximate surface area is 59.3 Å². The van der Waals surface area contributed by atoms with Crippen LogP contribution in [0.5, 0.6) is 0 Å². The number of carbonyl (C=O) groups is 1. The first kappa shape index (κ1) is 8.52. The number of rotatable bonds is 3. The van der Waals surface area contributed by atoms with Crippen LogP contribution in [0.4, 0.5) is 0 Å². The topological polar surface area (TPSA) is 52.3 Å². The highest BCUT2D eigenvalue weighted by molar-refractivity contribution is 7.81. The van der Waals surface area contributed by atoms with E-state index >= 15 is 0 Å². The highest BCUT2D eigenvalue weighted by Crippen LogP contribution is 1.86. The molecule has 0 fully saturated rings. The number of thiol groups is 1. The molecule has 0 heterocycles. The second-order valence-electron chi connectivity index (χ2n) is 1.35. The van der Waals surface area contributed by atoms with E-state index in [1.165, 1.54) is 6.08 Å². The molecular weight excluding hydrogens is 138 g/mol. The van der Waals surface area contributed by atoms with E-state index in [0.717, 1.165) is 0 Å². The van der Waals surface area contributed by atoms with Gasteiger partial charge in [0.2, 0.25) is 0 Å². The third-order valence-corrected chi connectivity index (χ3v) is 0.887. The minimum atomic E-state index is -0.704. The molecule has 0 rings (SSSR count). The lowest BCUT2D eigenvalue weighted by atomic mass is 10.6. The van der Waals surface area contributed by atoms with E-state index in [1.54, 1.807) is 0 Å². The Morgan fingerprint density at radius 1 is 2.00 bits per heavy atom. The molecule has 1 unspecified atom stereocenters. The van der Waals surface area contributed by atoms with Gasteiger partial charge in [-0.25, -0.2) is 0 Å². The van der Waals surface area contributed by atoms with Crippen molar-refractivity contribution in [1.29, 1.82) is 0 Å². The van der Waals surface area contributed by atoms with Crippen LogP contribution in [0.15, 0.2) is 12.7 Å². The fraction of sp³-hybridized carbons (Fsp3) is 0.400. The zero-order valence-electron chi connectivity index (χ0n) is 4.91. The summed E-state index contributed by atoms with van der Waals surface area (Å²) in [5.74, 6) is -0.396. The van der Waals surface area contributed by atoms with Crippen LogP contribution in [-0.4, -0.2) is 18.0 Å². The third kappa shape index (κ3) is 4.05. The summed E-state index contributed by atoms with van der Waals surface area (Å²) in [5, 5.41) is 0. The molecule has 0 amide bonds. The molecule has 4 heteroatoms. The van der Waals surface area contributed by atoms with Crippen molar-refractivity contribution < 1.29 is 9.53 Å². The molecule has 0 bridgehead atoms. The van der Waals surface area contributed by atoms with E-state index in [-0.39, 0.29) is 5.75 Å². The normalized spacial score (nSPS) is 12.2. The van der Waals surface area contributed by atoms with Crippen molar-refractivity contribution in [3.8, 4) is 0 Å². The maximum absolute atomic E-state index is 10.4. The molecule has 0 saturated heterocycles. The second-order valence-corrected chi connectivity index (χ2v) is 1.66. The lowest BCUT2D eigenvalue weighted by Crippen LogP contribution is -2.24. The van der Waals surface area contributed by atoms with Crippen LogP contribution in [0.25, 0.3) is 0 Å². The lowest BCUT2D eigenvalue weighted by molar-refractivity contribution is -0.143. The van der Waals surface area contributed by atoms with Gasteiger partial charge in [0.15, 0.2) is 6.23 Å². The van der Waals surface area contributed by atoms with Gasteiger partial charge in [0.1, 0.15) is 0 Å². The molecule has 0 aromatic heterocycles. The highest BCUT2D eigenvalue weighted by atomic mass is 32.1. The van der Waals surface area contributed by atoms with E-state index < -0.39 is 12.2 Å². The summed E-state index contributed by atoms with van der Waals surface area (Å²) in [4.78, 5) is 10.4. The minimum absolute atomic E-state index is 0.0432. The van der Waals surface area contributed by atoms with Gasteiger partial charge < -0.3 is 4.74 Å². The zero-order valence-corrected chi connectivity index (χ0v) is 5.80. The molecule has 0 aromatic carbocycles. The van der Waals surface area contributed by atoms with Crippen molar-refractivity contribution in [2.75, 3.05) is 5.75 Å². The SMILES string of the molecule is C=CC(N)OC(=O)CS. The highest BCUT2D eigenvalue weighted by Gasteiger charge is 2.01. The Morgan fingerprint density at radius 2 is 2.56 bits per heavy atom. The number of hydrogen-bond acceptors (Lipinski definition) is 4. The first-order valence-electron chi connectivity index (χ1n) is 2.39. The molecule has 2 N–H and O–H groups in total. The van der Waals surface area contributed by atoms with Crippen LogP contribution < -0.4 is 5.73 Å². The van der Waals surface area contributed by atoms with Crippen molar-refractivity contribution in [3.63, 3.8) is 0 Å². The molecule has 52 valence electrons. The van der Waals surface area contributed by atoms with Gasteiger partial charge in [-0.1, -0.05) is 6.58 Å². The maximum Gasteiger partial charge on any atom is 0.317 e. The summed E-state index contributed by atoms with van der Waals surface area (Å²) in [6, 6.07) is 0. The third-order valence-electron chi connectivity index (χ3n) is 0.629. The van der Waals surface area contributed by atoms with Gasteiger partial charge in [-0.2, -0.15) is 12.6 Å². The van der Waals surface area contributed by atoms with Crippen LogP contribution in [0.2, 0.25) is 0 Å². The quantitative estimate of drug-likeness (QED) is 0.254. The summed E-state index contributed by atoms with van der Waals surface area (Å²) in [6.07, 6.45) is 0.631. The van der Waals surface area contributed by atoms with Gasteiger partial charge in [0.25, 0.3) is 0 Å². The van der Waals surface area contributed by atoms with Crippen LogP contribution >= 0.6 is 12.6 Å². The number of hydrogen-bond donors (Lipinski definition) is 2.